The lowest BCUT2D eigenvalue weighted by atomic mass is 10.0. The predicted molar refractivity (Wildman–Crippen MR) is 68.5 cm³/mol. The van der Waals surface area contributed by atoms with E-state index in [0.717, 1.165) is 31.7 Å². The first kappa shape index (κ1) is 12.9. The van der Waals surface area contributed by atoms with Crippen molar-refractivity contribution in [3.05, 3.63) is 30.3 Å². The summed E-state index contributed by atoms with van der Waals surface area (Å²) in [5.41, 5.74) is 0. The van der Waals surface area contributed by atoms with Crippen LogP contribution in [0.25, 0.3) is 0 Å². The molecule has 1 saturated heterocycles. The smallest absolute Gasteiger partial charge is 0.310 e. The number of hydrogen-bond donors (Lipinski definition) is 1. The first-order valence-electron chi connectivity index (χ1n) is 6.41. The Balaban J connectivity index is 1.61. The topological polar surface area (TPSA) is 47.6 Å². The molecule has 0 bridgehead atoms. The van der Waals surface area contributed by atoms with Gasteiger partial charge < -0.3 is 14.8 Å². The van der Waals surface area contributed by atoms with Gasteiger partial charge in [-0.05, 0) is 31.5 Å². The van der Waals surface area contributed by atoms with Crippen molar-refractivity contribution in [1.82, 2.24) is 5.32 Å². The molecule has 1 aliphatic heterocycles. The van der Waals surface area contributed by atoms with Gasteiger partial charge in [-0.2, -0.15) is 0 Å². The summed E-state index contributed by atoms with van der Waals surface area (Å²) in [4.78, 5) is 11.7. The normalized spacial score (nSPS) is 19.2. The second-order valence-corrected chi connectivity index (χ2v) is 4.37. The zero-order chi connectivity index (χ0) is 12.6. The molecule has 1 aliphatic rings. The monoisotopic (exact) mass is 249 g/mol. The van der Waals surface area contributed by atoms with Gasteiger partial charge in [0.15, 0.2) is 0 Å². The molecule has 0 aromatic heterocycles. The number of piperidine rings is 1. The maximum atomic E-state index is 11.7. The summed E-state index contributed by atoms with van der Waals surface area (Å²) in [6.45, 7) is 2.44. The third-order valence-electron chi connectivity index (χ3n) is 2.97. The molecular weight excluding hydrogens is 230 g/mol. The summed E-state index contributed by atoms with van der Waals surface area (Å²) in [7, 11) is 0. The van der Waals surface area contributed by atoms with E-state index in [0.29, 0.717) is 13.2 Å². The highest BCUT2D eigenvalue weighted by Gasteiger charge is 2.21. The van der Waals surface area contributed by atoms with Gasteiger partial charge in [-0.3, -0.25) is 4.79 Å². The number of nitrogens with one attached hydrogen (secondary N) is 1. The molecule has 1 fully saturated rings. The van der Waals surface area contributed by atoms with Crippen LogP contribution in [-0.2, 0) is 9.53 Å². The van der Waals surface area contributed by atoms with Crippen molar-refractivity contribution < 1.29 is 14.3 Å². The van der Waals surface area contributed by atoms with Crippen molar-refractivity contribution in [2.75, 3.05) is 26.3 Å². The molecule has 18 heavy (non-hydrogen) atoms. The second-order valence-electron chi connectivity index (χ2n) is 4.37. The van der Waals surface area contributed by atoms with E-state index >= 15 is 0 Å². The number of carbonyl (C=O) groups excluding carboxylic acids is 1. The van der Waals surface area contributed by atoms with Gasteiger partial charge in [0.2, 0.25) is 0 Å². The van der Waals surface area contributed by atoms with E-state index in [-0.39, 0.29) is 11.9 Å². The predicted octanol–water partition coefficient (Wildman–Crippen LogP) is 1.61. The molecule has 98 valence electrons. The molecule has 1 heterocycles. The van der Waals surface area contributed by atoms with Crippen LogP contribution in [0.3, 0.4) is 0 Å². The van der Waals surface area contributed by atoms with Crippen LogP contribution in [0.15, 0.2) is 30.3 Å². The van der Waals surface area contributed by atoms with Crippen LogP contribution in [0.2, 0.25) is 0 Å². The van der Waals surface area contributed by atoms with E-state index in [2.05, 4.69) is 5.32 Å². The van der Waals surface area contributed by atoms with E-state index in [1.165, 1.54) is 0 Å². The molecule has 4 heteroatoms. The molecule has 1 atom stereocenters. The van der Waals surface area contributed by atoms with Crippen LogP contribution >= 0.6 is 0 Å². The third kappa shape index (κ3) is 4.04. The van der Waals surface area contributed by atoms with Crippen molar-refractivity contribution in [3.63, 3.8) is 0 Å². The minimum absolute atomic E-state index is 0.00970. The summed E-state index contributed by atoms with van der Waals surface area (Å²) >= 11 is 0. The average Bonchev–Trinajstić information content (AvgIpc) is 2.45. The Morgan fingerprint density at radius 3 is 2.83 bits per heavy atom. The Labute approximate surface area is 107 Å². The summed E-state index contributed by atoms with van der Waals surface area (Å²) in [6.07, 6.45) is 1.96. The van der Waals surface area contributed by atoms with Crippen molar-refractivity contribution in [2.45, 2.75) is 12.8 Å². The van der Waals surface area contributed by atoms with E-state index in [1.807, 2.05) is 30.3 Å². The van der Waals surface area contributed by atoms with E-state index in [4.69, 9.17) is 9.47 Å². The molecule has 0 aliphatic carbocycles. The SMILES string of the molecule is O=C(OCCOc1ccccc1)C1CCCNC1. The fourth-order valence-electron chi connectivity index (χ4n) is 1.99. The lowest BCUT2D eigenvalue weighted by Gasteiger charge is -2.21. The highest BCUT2D eigenvalue weighted by molar-refractivity contribution is 5.72. The van der Waals surface area contributed by atoms with Crippen LogP contribution in [-0.4, -0.2) is 32.3 Å². The number of ether oxygens (including phenoxy) is 2. The first-order valence-corrected chi connectivity index (χ1v) is 6.41. The summed E-state index contributed by atoms with van der Waals surface area (Å²) in [5.74, 6) is 0.696. The van der Waals surface area contributed by atoms with Crippen molar-refractivity contribution in [2.24, 2.45) is 5.92 Å². The lowest BCUT2D eigenvalue weighted by Crippen LogP contribution is -2.35. The van der Waals surface area contributed by atoms with E-state index < -0.39 is 0 Å². The fraction of sp³-hybridized carbons (Fsp3) is 0.500. The van der Waals surface area contributed by atoms with Gasteiger partial charge in [0.1, 0.15) is 19.0 Å². The molecule has 2 rings (SSSR count). The summed E-state index contributed by atoms with van der Waals surface area (Å²) in [5, 5.41) is 3.20. The van der Waals surface area contributed by atoms with Crippen LogP contribution in [0.4, 0.5) is 0 Å². The van der Waals surface area contributed by atoms with Gasteiger partial charge in [0, 0.05) is 6.54 Å². The van der Waals surface area contributed by atoms with Gasteiger partial charge in [0.05, 0.1) is 5.92 Å². The van der Waals surface area contributed by atoms with E-state index in [9.17, 15) is 4.79 Å². The first-order chi connectivity index (χ1) is 8.86. The molecule has 1 aromatic carbocycles. The Morgan fingerprint density at radius 1 is 1.28 bits per heavy atom. The van der Waals surface area contributed by atoms with Crippen LogP contribution in [0.1, 0.15) is 12.8 Å². The molecule has 0 saturated carbocycles. The molecule has 0 spiro atoms. The Hall–Kier alpha value is -1.55. The fourth-order valence-corrected chi connectivity index (χ4v) is 1.99. The highest BCUT2D eigenvalue weighted by atomic mass is 16.6. The van der Waals surface area contributed by atoms with Gasteiger partial charge in [-0.25, -0.2) is 0 Å². The van der Waals surface area contributed by atoms with Gasteiger partial charge >= 0.3 is 5.97 Å². The van der Waals surface area contributed by atoms with Crippen molar-refractivity contribution >= 4 is 5.97 Å². The maximum Gasteiger partial charge on any atom is 0.310 e. The highest BCUT2D eigenvalue weighted by Crippen LogP contribution is 2.12. The van der Waals surface area contributed by atoms with Gasteiger partial charge in [0.25, 0.3) is 0 Å². The van der Waals surface area contributed by atoms with Crippen LogP contribution in [0, 0.1) is 5.92 Å². The zero-order valence-electron chi connectivity index (χ0n) is 10.4. The van der Waals surface area contributed by atoms with Crippen LogP contribution < -0.4 is 10.1 Å². The number of hydrogen-bond acceptors (Lipinski definition) is 4. The lowest BCUT2D eigenvalue weighted by molar-refractivity contribution is -0.149. The zero-order valence-corrected chi connectivity index (χ0v) is 10.4. The number of rotatable bonds is 5. The number of esters is 1. The van der Waals surface area contributed by atoms with E-state index in [1.54, 1.807) is 0 Å². The standard InChI is InChI=1S/C14H19NO3/c16-14(12-5-4-8-15-11-12)18-10-9-17-13-6-2-1-3-7-13/h1-3,6-7,12,15H,4-5,8-11H2. The van der Waals surface area contributed by atoms with Crippen molar-refractivity contribution in [1.29, 1.82) is 0 Å². The van der Waals surface area contributed by atoms with Gasteiger partial charge in [-0.15, -0.1) is 0 Å². The molecule has 1 N–H and O–H groups in total. The van der Waals surface area contributed by atoms with Crippen molar-refractivity contribution in [3.8, 4) is 5.75 Å². The molecule has 0 radical (unpaired) electrons. The number of benzene rings is 1. The average molecular weight is 249 g/mol. The largest absolute Gasteiger partial charge is 0.490 e. The Bertz CT molecular complexity index is 361. The second kappa shape index (κ2) is 7.01. The molecule has 1 aromatic rings. The third-order valence-corrected chi connectivity index (χ3v) is 2.97. The molecule has 1 unspecified atom stereocenters. The molecular formula is C14H19NO3. The summed E-state index contributed by atoms with van der Waals surface area (Å²) < 4.78 is 10.7. The maximum absolute atomic E-state index is 11.7. The molecule has 4 nitrogen and oxygen atoms in total. The Morgan fingerprint density at radius 2 is 2.11 bits per heavy atom. The Kier molecular flexibility index (Phi) is 5.02. The van der Waals surface area contributed by atoms with Crippen LogP contribution in [0.5, 0.6) is 5.75 Å². The quantitative estimate of drug-likeness (QED) is 0.636. The minimum Gasteiger partial charge on any atom is -0.490 e. The minimum atomic E-state index is -0.112. The number of para-hydroxylation sites is 1. The molecule has 0 amide bonds. The summed E-state index contributed by atoms with van der Waals surface area (Å²) in [6, 6.07) is 9.52. The van der Waals surface area contributed by atoms with Gasteiger partial charge in [-0.1, -0.05) is 18.2 Å². The number of carbonyl (C=O) groups is 1.